The molecule has 1 N–H and O–H groups in total. The van der Waals surface area contributed by atoms with Crippen molar-refractivity contribution in [3.05, 3.63) is 65.0 Å². The van der Waals surface area contributed by atoms with Crippen molar-refractivity contribution in [2.75, 3.05) is 31.2 Å². The molecule has 34 heavy (non-hydrogen) atoms. The summed E-state index contributed by atoms with van der Waals surface area (Å²) in [7, 11) is 0. The second-order valence-corrected chi connectivity index (χ2v) is 8.38. The van der Waals surface area contributed by atoms with Gasteiger partial charge in [-0.25, -0.2) is 14.5 Å². The quantitative estimate of drug-likeness (QED) is 0.477. The third-order valence-electron chi connectivity index (χ3n) is 5.93. The van der Waals surface area contributed by atoms with Crippen molar-refractivity contribution in [1.29, 1.82) is 0 Å². The topological polar surface area (TPSA) is 103 Å². The molecule has 2 aromatic heterocycles. The first-order chi connectivity index (χ1) is 16.4. The number of rotatable bonds is 5. The number of nitrogens with zero attached hydrogens (tertiary/aromatic N) is 5. The lowest BCUT2D eigenvalue weighted by Crippen LogP contribution is -2.37. The number of hydrogen-bond donors (Lipinski definition) is 1. The van der Waals surface area contributed by atoms with Gasteiger partial charge in [0.05, 0.1) is 30.5 Å². The van der Waals surface area contributed by atoms with Gasteiger partial charge in [0.1, 0.15) is 17.3 Å². The van der Waals surface area contributed by atoms with Crippen LogP contribution < -0.4 is 9.64 Å². The first-order valence-electron chi connectivity index (χ1n) is 11.1. The molecular weight excluding hydrogens is 434 g/mol. The van der Waals surface area contributed by atoms with E-state index < -0.39 is 5.97 Å². The van der Waals surface area contributed by atoms with Crippen LogP contribution in [-0.4, -0.2) is 57.1 Å². The van der Waals surface area contributed by atoms with E-state index in [0.29, 0.717) is 32.3 Å². The number of aromatic carboxylic acids is 1. The van der Waals surface area contributed by atoms with Gasteiger partial charge in [0.15, 0.2) is 0 Å². The van der Waals surface area contributed by atoms with Crippen molar-refractivity contribution in [3.63, 3.8) is 0 Å². The van der Waals surface area contributed by atoms with Crippen LogP contribution in [0.1, 0.15) is 27.0 Å². The number of para-hydroxylation sites is 1. The molecule has 0 spiro atoms. The number of aromatic nitrogens is 4. The number of fused-ring (bicyclic) bond motifs is 1. The number of morpholine rings is 1. The molecule has 174 valence electrons. The molecule has 9 nitrogen and oxygen atoms in total. The first kappa shape index (κ1) is 21.8. The van der Waals surface area contributed by atoms with Gasteiger partial charge >= 0.3 is 5.97 Å². The average Bonchev–Trinajstić information content (AvgIpc) is 3.32. The van der Waals surface area contributed by atoms with Crippen LogP contribution in [0.4, 0.5) is 5.82 Å². The Labute approximate surface area is 196 Å². The lowest BCUT2D eigenvalue weighted by atomic mass is 10.1. The summed E-state index contributed by atoms with van der Waals surface area (Å²) in [4.78, 5) is 23.0. The van der Waals surface area contributed by atoms with Crippen LogP contribution in [-0.2, 0) is 4.74 Å². The van der Waals surface area contributed by atoms with Crippen molar-refractivity contribution in [2.24, 2.45) is 0 Å². The maximum atomic E-state index is 11.3. The Hall–Kier alpha value is -3.98. The number of hydrogen-bond acceptors (Lipinski definition) is 7. The molecule has 0 unspecified atom stereocenters. The van der Waals surface area contributed by atoms with Crippen LogP contribution in [0, 0.1) is 20.8 Å². The van der Waals surface area contributed by atoms with Crippen molar-refractivity contribution in [1.82, 2.24) is 19.7 Å². The maximum Gasteiger partial charge on any atom is 0.338 e. The maximum absolute atomic E-state index is 11.3. The van der Waals surface area contributed by atoms with Gasteiger partial charge in [0, 0.05) is 24.7 Å². The third-order valence-corrected chi connectivity index (χ3v) is 5.93. The number of aryl methyl sites for hydroxylation is 3. The zero-order chi connectivity index (χ0) is 23.8. The molecule has 1 aliphatic heterocycles. The number of benzene rings is 2. The Balaban J connectivity index is 1.65. The Bertz CT molecular complexity index is 1370. The minimum atomic E-state index is -1.05. The van der Waals surface area contributed by atoms with E-state index in [-0.39, 0.29) is 5.56 Å². The molecule has 0 amide bonds. The molecule has 0 radical (unpaired) electrons. The Kier molecular flexibility index (Phi) is 5.62. The van der Waals surface area contributed by atoms with E-state index in [9.17, 15) is 9.90 Å². The van der Waals surface area contributed by atoms with Crippen LogP contribution >= 0.6 is 0 Å². The fourth-order valence-electron chi connectivity index (χ4n) is 4.07. The molecule has 1 saturated heterocycles. The van der Waals surface area contributed by atoms with E-state index >= 15 is 0 Å². The molecule has 5 rings (SSSR count). The molecule has 1 fully saturated rings. The average molecular weight is 460 g/mol. The summed E-state index contributed by atoms with van der Waals surface area (Å²) >= 11 is 0. The second-order valence-electron chi connectivity index (χ2n) is 8.38. The zero-order valence-electron chi connectivity index (χ0n) is 19.3. The molecule has 4 aromatic rings. The molecule has 2 aromatic carbocycles. The minimum Gasteiger partial charge on any atom is -0.478 e. The summed E-state index contributed by atoms with van der Waals surface area (Å²) in [5.74, 6) is 1.58. The third kappa shape index (κ3) is 4.06. The van der Waals surface area contributed by atoms with Gasteiger partial charge in [-0.3, -0.25) is 0 Å². The van der Waals surface area contributed by atoms with Gasteiger partial charge in [0.25, 0.3) is 5.95 Å². The fraction of sp³-hybridized carbons (Fsp3) is 0.280. The van der Waals surface area contributed by atoms with E-state index in [2.05, 4.69) is 10.00 Å². The molecular formula is C25H25N5O4. The lowest BCUT2D eigenvalue weighted by molar-refractivity contribution is 0.0697. The normalized spacial score (nSPS) is 13.9. The number of anilines is 1. The van der Waals surface area contributed by atoms with Gasteiger partial charge < -0.3 is 19.5 Å². The second kappa shape index (κ2) is 8.75. The highest BCUT2D eigenvalue weighted by atomic mass is 16.5. The number of carbonyl (C=O) groups is 1. The van der Waals surface area contributed by atoms with E-state index in [4.69, 9.17) is 19.4 Å². The van der Waals surface area contributed by atoms with Crippen molar-refractivity contribution >= 4 is 22.7 Å². The predicted molar refractivity (Wildman–Crippen MR) is 127 cm³/mol. The van der Waals surface area contributed by atoms with Crippen LogP contribution in [0.15, 0.2) is 42.7 Å². The van der Waals surface area contributed by atoms with Gasteiger partial charge in [-0.15, -0.1) is 0 Å². The zero-order valence-corrected chi connectivity index (χ0v) is 19.3. The largest absolute Gasteiger partial charge is 0.478 e. The molecule has 0 atom stereocenters. The summed E-state index contributed by atoms with van der Waals surface area (Å²) in [5, 5.41) is 14.3. The van der Waals surface area contributed by atoms with E-state index in [1.54, 1.807) is 0 Å². The van der Waals surface area contributed by atoms with Crippen LogP contribution in [0.25, 0.3) is 16.9 Å². The lowest BCUT2D eigenvalue weighted by Gasteiger charge is -2.29. The highest BCUT2D eigenvalue weighted by molar-refractivity contribution is 5.92. The van der Waals surface area contributed by atoms with Crippen LogP contribution in [0.2, 0.25) is 0 Å². The van der Waals surface area contributed by atoms with Crippen molar-refractivity contribution < 1.29 is 19.4 Å². The van der Waals surface area contributed by atoms with Crippen molar-refractivity contribution in [3.8, 4) is 17.4 Å². The highest BCUT2D eigenvalue weighted by Gasteiger charge is 2.21. The van der Waals surface area contributed by atoms with Gasteiger partial charge in [0.2, 0.25) is 0 Å². The summed E-state index contributed by atoms with van der Waals surface area (Å²) in [6, 6.07) is 10.0. The van der Waals surface area contributed by atoms with Crippen LogP contribution in [0.3, 0.4) is 0 Å². The highest BCUT2D eigenvalue weighted by Crippen LogP contribution is 2.36. The van der Waals surface area contributed by atoms with Gasteiger partial charge in [-0.1, -0.05) is 18.2 Å². The standard InChI is InChI=1S/C25H25N5O4/c1-15-5-4-6-16(2)22(15)34-21-12-19-20(11-17(21)3)27-25(30-14-18(13-26-30)24(31)32)28-23(19)29-7-9-33-10-8-29/h4-6,11-14H,7-10H2,1-3H3,(H,31,32). The number of carboxylic acid groups (broad SMARTS) is 1. The fourth-order valence-corrected chi connectivity index (χ4v) is 4.07. The first-order valence-corrected chi connectivity index (χ1v) is 11.1. The summed E-state index contributed by atoms with van der Waals surface area (Å²) in [5.41, 5.74) is 3.86. The SMILES string of the molecule is Cc1cc2nc(-n3cc(C(=O)O)cn3)nc(N3CCOCC3)c2cc1Oc1c(C)cccc1C. The summed E-state index contributed by atoms with van der Waals surface area (Å²) in [6.07, 6.45) is 2.70. The van der Waals surface area contributed by atoms with E-state index in [1.807, 2.05) is 51.1 Å². The smallest absolute Gasteiger partial charge is 0.338 e. The molecule has 1 aliphatic rings. The summed E-state index contributed by atoms with van der Waals surface area (Å²) in [6.45, 7) is 8.62. The molecule has 9 heteroatoms. The summed E-state index contributed by atoms with van der Waals surface area (Å²) < 4.78 is 13.3. The number of ether oxygens (including phenoxy) is 2. The Morgan fingerprint density at radius 1 is 1.06 bits per heavy atom. The molecule has 0 saturated carbocycles. The number of carboxylic acids is 1. The van der Waals surface area contributed by atoms with E-state index in [1.165, 1.54) is 17.1 Å². The van der Waals surface area contributed by atoms with Crippen LogP contribution in [0.5, 0.6) is 11.5 Å². The van der Waals surface area contributed by atoms with Crippen molar-refractivity contribution in [2.45, 2.75) is 20.8 Å². The molecule has 0 bridgehead atoms. The molecule has 0 aliphatic carbocycles. The molecule has 3 heterocycles. The predicted octanol–water partition coefficient (Wildman–Crippen LogP) is 4.07. The van der Waals surface area contributed by atoms with Gasteiger partial charge in [-0.05, 0) is 49.6 Å². The minimum absolute atomic E-state index is 0.0742. The van der Waals surface area contributed by atoms with E-state index in [0.717, 1.165) is 44.9 Å². The Morgan fingerprint density at radius 3 is 2.47 bits per heavy atom. The monoisotopic (exact) mass is 459 g/mol. The van der Waals surface area contributed by atoms with Gasteiger partial charge in [-0.2, -0.15) is 10.1 Å². The Morgan fingerprint density at radius 2 is 1.79 bits per heavy atom.